The molecular formula is C20H29N3O2. The van der Waals surface area contributed by atoms with Crippen LogP contribution in [0.2, 0.25) is 0 Å². The van der Waals surface area contributed by atoms with Crippen molar-refractivity contribution in [3.05, 3.63) is 35.4 Å². The van der Waals surface area contributed by atoms with Crippen molar-refractivity contribution >= 4 is 5.90 Å². The minimum Gasteiger partial charge on any atom is -0.467 e. The number of hydrogen-bond donors (Lipinski definition) is 1. The topological polar surface area (TPSA) is 46.1 Å². The molecule has 1 aromatic rings. The van der Waals surface area contributed by atoms with Gasteiger partial charge in [0.15, 0.2) is 6.61 Å². The summed E-state index contributed by atoms with van der Waals surface area (Å²) in [7, 11) is 0. The van der Waals surface area contributed by atoms with Crippen molar-refractivity contribution in [3.8, 4) is 0 Å². The molecule has 4 rings (SSSR count). The zero-order chi connectivity index (χ0) is 16.9. The quantitative estimate of drug-likeness (QED) is 0.913. The summed E-state index contributed by atoms with van der Waals surface area (Å²) in [5, 5.41) is 7.63. The molecule has 2 saturated heterocycles. The van der Waals surface area contributed by atoms with Gasteiger partial charge >= 0.3 is 0 Å². The zero-order valence-electron chi connectivity index (χ0n) is 15.0. The van der Waals surface area contributed by atoms with Gasteiger partial charge in [-0.3, -0.25) is 4.90 Å². The maximum atomic E-state index is 6.13. The third-order valence-corrected chi connectivity index (χ3v) is 5.52. The smallest absolute Gasteiger partial charge is 0.258 e. The molecule has 1 N–H and O–H groups in total. The minimum atomic E-state index is 0.0767. The van der Waals surface area contributed by atoms with Crippen LogP contribution in [0.4, 0.5) is 0 Å². The molecule has 0 saturated carbocycles. The lowest BCUT2D eigenvalue weighted by Gasteiger charge is -2.31. The third kappa shape index (κ3) is 4.33. The molecule has 5 heteroatoms. The fourth-order valence-corrected chi connectivity index (χ4v) is 4.07. The summed E-state index contributed by atoms with van der Waals surface area (Å²) >= 11 is 0. The van der Waals surface area contributed by atoms with Gasteiger partial charge in [-0.25, -0.2) is 0 Å². The third-order valence-electron chi connectivity index (χ3n) is 5.52. The molecular weight excluding hydrogens is 314 g/mol. The molecule has 2 unspecified atom stereocenters. The van der Waals surface area contributed by atoms with Gasteiger partial charge in [0.25, 0.3) is 5.90 Å². The second-order valence-corrected chi connectivity index (χ2v) is 7.46. The van der Waals surface area contributed by atoms with E-state index in [-0.39, 0.29) is 6.10 Å². The number of piperidine rings is 2. The Morgan fingerprint density at radius 1 is 1.08 bits per heavy atom. The van der Waals surface area contributed by atoms with Crippen LogP contribution < -0.4 is 5.32 Å². The summed E-state index contributed by atoms with van der Waals surface area (Å²) in [4.78, 5) is 7.95. The predicted octanol–water partition coefficient (Wildman–Crippen LogP) is 2.72. The predicted molar refractivity (Wildman–Crippen MR) is 98.9 cm³/mol. The summed E-state index contributed by atoms with van der Waals surface area (Å²) < 4.78 is 6.13. The van der Waals surface area contributed by atoms with Gasteiger partial charge in [0.1, 0.15) is 6.10 Å². The van der Waals surface area contributed by atoms with E-state index in [9.17, 15) is 0 Å². The zero-order valence-corrected chi connectivity index (χ0v) is 15.0. The fourth-order valence-electron chi connectivity index (χ4n) is 4.07. The molecule has 0 aliphatic carbocycles. The van der Waals surface area contributed by atoms with E-state index in [0.29, 0.717) is 18.4 Å². The second-order valence-electron chi connectivity index (χ2n) is 7.46. The van der Waals surface area contributed by atoms with Crippen molar-refractivity contribution < 1.29 is 9.57 Å². The molecule has 3 heterocycles. The summed E-state index contributed by atoms with van der Waals surface area (Å²) in [6, 6.07) is 8.67. The van der Waals surface area contributed by atoms with Crippen molar-refractivity contribution in [1.82, 2.24) is 10.2 Å². The van der Waals surface area contributed by atoms with E-state index < -0.39 is 0 Å². The lowest BCUT2D eigenvalue weighted by molar-refractivity contribution is -0.00828. The molecule has 3 aliphatic heterocycles. The highest BCUT2D eigenvalue weighted by molar-refractivity contribution is 5.94. The molecule has 0 spiro atoms. The number of likely N-dealkylation sites (tertiary alicyclic amines) is 1. The Labute approximate surface area is 150 Å². The van der Waals surface area contributed by atoms with E-state index in [1.807, 2.05) is 0 Å². The summed E-state index contributed by atoms with van der Waals surface area (Å²) in [6.45, 7) is 6.07. The maximum Gasteiger partial charge on any atom is 0.258 e. The molecule has 0 amide bonds. The lowest BCUT2D eigenvalue weighted by atomic mass is 9.91. The van der Waals surface area contributed by atoms with Gasteiger partial charge in [-0.05, 0) is 74.1 Å². The first-order valence-electron chi connectivity index (χ1n) is 9.78. The number of benzene rings is 1. The van der Waals surface area contributed by atoms with E-state index in [1.165, 1.54) is 50.8 Å². The van der Waals surface area contributed by atoms with Crippen LogP contribution in [-0.2, 0) is 9.57 Å². The first-order chi connectivity index (χ1) is 12.4. The minimum absolute atomic E-state index is 0.0767. The Balaban J connectivity index is 1.36. The van der Waals surface area contributed by atoms with Crippen LogP contribution in [0.1, 0.15) is 49.1 Å². The van der Waals surface area contributed by atoms with Crippen molar-refractivity contribution in [2.24, 2.45) is 5.16 Å². The van der Waals surface area contributed by atoms with Crippen molar-refractivity contribution in [2.75, 3.05) is 39.3 Å². The van der Waals surface area contributed by atoms with Crippen molar-refractivity contribution in [1.29, 1.82) is 0 Å². The van der Waals surface area contributed by atoms with Gasteiger partial charge in [0, 0.05) is 18.7 Å². The maximum absolute atomic E-state index is 6.13. The van der Waals surface area contributed by atoms with Crippen LogP contribution in [0.3, 0.4) is 0 Å². The van der Waals surface area contributed by atoms with Gasteiger partial charge in [-0.2, -0.15) is 0 Å². The number of oxime groups is 1. The fraction of sp³-hybridized carbons (Fsp3) is 0.650. The molecule has 1 aromatic carbocycles. The van der Waals surface area contributed by atoms with E-state index in [1.54, 1.807) is 0 Å². The first-order valence-corrected chi connectivity index (χ1v) is 9.78. The Morgan fingerprint density at radius 3 is 2.68 bits per heavy atom. The number of rotatable bonds is 4. The van der Waals surface area contributed by atoms with Gasteiger partial charge in [-0.15, -0.1) is 0 Å². The van der Waals surface area contributed by atoms with Crippen molar-refractivity contribution in [3.63, 3.8) is 0 Å². The Morgan fingerprint density at radius 2 is 1.92 bits per heavy atom. The number of ether oxygens (including phenoxy) is 1. The molecule has 0 radical (unpaired) electrons. The van der Waals surface area contributed by atoms with Crippen LogP contribution in [-0.4, -0.2) is 56.2 Å². The second kappa shape index (κ2) is 8.19. The average molecular weight is 343 g/mol. The van der Waals surface area contributed by atoms with Gasteiger partial charge in [0.2, 0.25) is 0 Å². The number of nitrogens with one attached hydrogen (secondary N) is 1. The van der Waals surface area contributed by atoms with Crippen LogP contribution >= 0.6 is 0 Å². The van der Waals surface area contributed by atoms with Gasteiger partial charge in [-0.1, -0.05) is 18.6 Å². The Kier molecular flexibility index (Phi) is 5.52. The van der Waals surface area contributed by atoms with Crippen LogP contribution in [0.15, 0.2) is 29.4 Å². The Bertz CT molecular complexity index is 575. The average Bonchev–Trinajstić information content (AvgIpc) is 2.70. The largest absolute Gasteiger partial charge is 0.467 e. The van der Waals surface area contributed by atoms with E-state index >= 15 is 0 Å². The highest BCUT2D eigenvalue weighted by atomic mass is 16.7. The summed E-state index contributed by atoms with van der Waals surface area (Å²) in [5.41, 5.74) is 2.41. The lowest BCUT2D eigenvalue weighted by Crippen LogP contribution is -2.41. The van der Waals surface area contributed by atoms with Crippen LogP contribution in [0.5, 0.6) is 0 Å². The first kappa shape index (κ1) is 16.9. The molecule has 0 bridgehead atoms. The summed E-state index contributed by atoms with van der Waals surface area (Å²) in [5.74, 6) is 1.25. The van der Waals surface area contributed by atoms with E-state index in [2.05, 4.69) is 39.6 Å². The standard InChI is InChI=1S/C20H29N3O2/c1-2-11-23(12-3-1)14-19-15-24-22-20(25-19)17-8-6-16(7-9-17)18-5-4-10-21-13-18/h6-9,18-19,21H,1-5,10-15H2. The van der Waals surface area contributed by atoms with Crippen LogP contribution in [0, 0.1) is 0 Å². The SMILES string of the molecule is c1cc(C2CCCNC2)ccc1C1=NOCC(CN2CCCCC2)O1. The van der Waals surface area contributed by atoms with Gasteiger partial charge < -0.3 is 14.9 Å². The molecule has 2 atom stereocenters. The summed E-state index contributed by atoms with van der Waals surface area (Å²) in [6.07, 6.45) is 6.55. The molecule has 25 heavy (non-hydrogen) atoms. The number of nitrogens with zero attached hydrogens (tertiary/aromatic N) is 2. The number of hydrogen-bond acceptors (Lipinski definition) is 5. The highest BCUT2D eigenvalue weighted by Gasteiger charge is 2.24. The van der Waals surface area contributed by atoms with Crippen molar-refractivity contribution in [2.45, 2.75) is 44.1 Å². The Hall–Kier alpha value is -1.59. The van der Waals surface area contributed by atoms with Crippen LogP contribution in [0.25, 0.3) is 0 Å². The van der Waals surface area contributed by atoms with E-state index in [4.69, 9.17) is 9.57 Å². The van der Waals surface area contributed by atoms with Gasteiger partial charge in [0.05, 0.1) is 0 Å². The molecule has 3 aliphatic rings. The molecule has 2 fully saturated rings. The molecule has 5 nitrogen and oxygen atoms in total. The normalized spacial score (nSPS) is 27.9. The van der Waals surface area contributed by atoms with E-state index in [0.717, 1.165) is 25.2 Å². The molecule has 0 aromatic heterocycles. The monoisotopic (exact) mass is 343 g/mol. The molecule has 136 valence electrons. The highest BCUT2D eigenvalue weighted by Crippen LogP contribution is 2.24.